The van der Waals surface area contributed by atoms with Gasteiger partial charge in [-0.1, -0.05) is 17.7 Å². The number of fused-ring (bicyclic) bond motifs is 1. The summed E-state index contributed by atoms with van der Waals surface area (Å²) in [5.41, 5.74) is 1.44. The standard InChI is InChI=1S/C18H14ClFN2O4S/c1-27(25,26)13-4-5-14-16(6-7-18(23)24)21-22(17(14)9-13)10-11-2-3-12(20)8-15(11)19/h2-9H,10H2,1H3,(H,23,24). The number of nitrogens with zero attached hydrogens (tertiary/aromatic N) is 2. The molecule has 0 aliphatic carbocycles. The van der Waals surface area contributed by atoms with Crippen molar-refractivity contribution in [2.45, 2.75) is 11.4 Å². The molecule has 0 aliphatic heterocycles. The van der Waals surface area contributed by atoms with Crippen molar-refractivity contribution in [3.63, 3.8) is 0 Å². The van der Waals surface area contributed by atoms with Gasteiger partial charge in [-0.25, -0.2) is 17.6 Å². The summed E-state index contributed by atoms with van der Waals surface area (Å²) in [6, 6.07) is 8.43. The smallest absolute Gasteiger partial charge is 0.328 e. The normalized spacial score (nSPS) is 12.1. The highest BCUT2D eigenvalue weighted by Crippen LogP contribution is 2.26. The van der Waals surface area contributed by atoms with E-state index in [0.717, 1.165) is 12.3 Å². The maximum atomic E-state index is 13.3. The van der Waals surface area contributed by atoms with Crippen LogP contribution in [0, 0.1) is 5.82 Å². The van der Waals surface area contributed by atoms with Crippen molar-refractivity contribution in [3.05, 3.63) is 64.6 Å². The minimum absolute atomic E-state index is 0.107. The van der Waals surface area contributed by atoms with Crippen LogP contribution in [-0.2, 0) is 21.2 Å². The number of carbonyl (C=O) groups is 1. The Morgan fingerprint density at radius 2 is 2.04 bits per heavy atom. The van der Waals surface area contributed by atoms with Crippen LogP contribution in [0.15, 0.2) is 47.4 Å². The lowest BCUT2D eigenvalue weighted by Gasteiger charge is -2.07. The fourth-order valence-corrected chi connectivity index (χ4v) is 3.48. The number of hydrogen-bond donors (Lipinski definition) is 1. The van der Waals surface area contributed by atoms with Crippen LogP contribution < -0.4 is 0 Å². The van der Waals surface area contributed by atoms with Crippen molar-refractivity contribution in [2.24, 2.45) is 0 Å². The SMILES string of the molecule is CS(=O)(=O)c1ccc2c(C=CC(=O)O)nn(Cc3ccc(F)cc3Cl)c2c1. The molecule has 1 aromatic heterocycles. The van der Waals surface area contributed by atoms with Gasteiger partial charge in [0.1, 0.15) is 5.82 Å². The van der Waals surface area contributed by atoms with Gasteiger partial charge in [-0.15, -0.1) is 0 Å². The van der Waals surface area contributed by atoms with E-state index >= 15 is 0 Å². The van der Waals surface area contributed by atoms with Crippen LogP contribution in [0.2, 0.25) is 5.02 Å². The van der Waals surface area contributed by atoms with Crippen LogP contribution in [0.5, 0.6) is 0 Å². The Morgan fingerprint density at radius 1 is 1.30 bits per heavy atom. The molecule has 140 valence electrons. The average molecular weight is 409 g/mol. The first-order valence-corrected chi connectivity index (χ1v) is 9.97. The summed E-state index contributed by atoms with van der Waals surface area (Å²) in [6.45, 7) is 0.156. The van der Waals surface area contributed by atoms with E-state index in [-0.39, 0.29) is 16.5 Å². The second-order valence-corrected chi connectivity index (χ2v) is 8.32. The van der Waals surface area contributed by atoms with Crippen LogP contribution in [0.4, 0.5) is 4.39 Å². The number of benzene rings is 2. The Kier molecular flexibility index (Phi) is 5.03. The highest BCUT2D eigenvalue weighted by molar-refractivity contribution is 7.90. The average Bonchev–Trinajstić information content (AvgIpc) is 2.92. The van der Waals surface area contributed by atoms with Crippen LogP contribution in [0.25, 0.3) is 17.0 Å². The predicted molar refractivity (Wildman–Crippen MR) is 100 cm³/mol. The Bertz CT molecular complexity index is 1190. The molecule has 3 rings (SSSR count). The van der Waals surface area contributed by atoms with Crippen molar-refractivity contribution in [2.75, 3.05) is 6.26 Å². The minimum Gasteiger partial charge on any atom is -0.478 e. The molecular formula is C18H14ClFN2O4S. The molecule has 2 aromatic carbocycles. The Balaban J connectivity index is 2.18. The number of aliphatic carboxylic acids is 1. The van der Waals surface area contributed by atoms with Gasteiger partial charge >= 0.3 is 5.97 Å². The van der Waals surface area contributed by atoms with Gasteiger partial charge in [-0.05, 0) is 42.0 Å². The zero-order valence-corrected chi connectivity index (χ0v) is 15.6. The van der Waals surface area contributed by atoms with Gasteiger partial charge in [-0.3, -0.25) is 4.68 Å². The van der Waals surface area contributed by atoms with Crippen LogP contribution >= 0.6 is 11.6 Å². The van der Waals surface area contributed by atoms with Crippen LogP contribution in [0.3, 0.4) is 0 Å². The Hall–Kier alpha value is -2.71. The Morgan fingerprint density at radius 3 is 2.67 bits per heavy atom. The maximum Gasteiger partial charge on any atom is 0.328 e. The molecule has 6 nitrogen and oxygen atoms in total. The second-order valence-electron chi connectivity index (χ2n) is 5.90. The number of hydrogen-bond acceptors (Lipinski definition) is 4. The molecule has 0 bridgehead atoms. The van der Waals surface area contributed by atoms with E-state index in [1.807, 2.05) is 0 Å². The quantitative estimate of drug-likeness (QED) is 0.654. The fourth-order valence-electron chi connectivity index (χ4n) is 2.62. The lowest BCUT2D eigenvalue weighted by atomic mass is 10.2. The molecular weight excluding hydrogens is 395 g/mol. The molecule has 0 aliphatic rings. The van der Waals surface area contributed by atoms with E-state index in [0.29, 0.717) is 22.2 Å². The van der Waals surface area contributed by atoms with Crippen molar-refractivity contribution < 1.29 is 22.7 Å². The first kappa shape index (κ1) is 19.1. The summed E-state index contributed by atoms with van der Waals surface area (Å²) in [4.78, 5) is 10.9. The topological polar surface area (TPSA) is 89.3 Å². The summed E-state index contributed by atoms with van der Waals surface area (Å²) >= 11 is 6.08. The van der Waals surface area contributed by atoms with Gasteiger partial charge in [0.25, 0.3) is 0 Å². The van der Waals surface area contributed by atoms with Gasteiger partial charge < -0.3 is 5.11 Å². The lowest BCUT2D eigenvalue weighted by Crippen LogP contribution is -2.04. The van der Waals surface area contributed by atoms with Crippen molar-refractivity contribution >= 4 is 44.4 Å². The number of rotatable bonds is 5. The molecule has 0 fully saturated rings. The van der Waals surface area contributed by atoms with Gasteiger partial charge in [0, 0.05) is 22.7 Å². The third kappa shape index (κ3) is 4.17. The highest BCUT2D eigenvalue weighted by Gasteiger charge is 2.15. The Labute approximate surface area is 159 Å². The van der Waals surface area contributed by atoms with E-state index in [4.69, 9.17) is 16.7 Å². The third-order valence-electron chi connectivity index (χ3n) is 3.90. The maximum absolute atomic E-state index is 13.3. The summed E-state index contributed by atoms with van der Waals surface area (Å²) < 4.78 is 38.5. The molecule has 0 saturated heterocycles. The lowest BCUT2D eigenvalue weighted by molar-refractivity contribution is -0.131. The molecule has 0 spiro atoms. The first-order chi connectivity index (χ1) is 12.6. The van der Waals surface area contributed by atoms with Crippen molar-refractivity contribution in [1.82, 2.24) is 9.78 Å². The number of carboxylic acid groups (broad SMARTS) is 1. The second kappa shape index (κ2) is 7.13. The van der Waals surface area contributed by atoms with E-state index in [1.165, 1.54) is 41.1 Å². The molecule has 0 unspecified atom stereocenters. The third-order valence-corrected chi connectivity index (χ3v) is 5.36. The van der Waals surface area contributed by atoms with Gasteiger partial charge in [-0.2, -0.15) is 5.10 Å². The largest absolute Gasteiger partial charge is 0.478 e. The molecule has 3 aromatic rings. The van der Waals surface area contributed by atoms with E-state index in [1.54, 1.807) is 6.07 Å². The fraction of sp³-hybridized carbons (Fsp3) is 0.111. The zero-order valence-electron chi connectivity index (χ0n) is 14.1. The molecule has 27 heavy (non-hydrogen) atoms. The van der Waals surface area contributed by atoms with Crippen molar-refractivity contribution in [1.29, 1.82) is 0 Å². The number of carboxylic acids is 1. The monoisotopic (exact) mass is 408 g/mol. The molecule has 1 heterocycles. The molecule has 0 atom stereocenters. The summed E-state index contributed by atoms with van der Waals surface area (Å²) in [5.74, 6) is -1.61. The molecule has 0 radical (unpaired) electrons. The van der Waals surface area contributed by atoms with Crippen LogP contribution in [-0.4, -0.2) is 35.5 Å². The minimum atomic E-state index is -3.44. The first-order valence-electron chi connectivity index (χ1n) is 7.71. The molecule has 0 amide bonds. The summed E-state index contributed by atoms with van der Waals surface area (Å²) in [5, 5.41) is 14.0. The van der Waals surface area contributed by atoms with Crippen molar-refractivity contribution in [3.8, 4) is 0 Å². The summed E-state index contributed by atoms with van der Waals surface area (Å²) in [7, 11) is -3.44. The number of halogens is 2. The van der Waals surface area contributed by atoms with Crippen LogP contribution in [0.1, 0.15) is 11.3 Å². The number of sulfone groups is 1. The molecule has 9 heteroatoms. The van der Waals surface area contributed by atoms with E-state index in [9.17, 15) is 17.6 Å². The van der Waals surface area contributed by atoms with E-state index in [2.05, 4.69) is 5.10 Å². The van der Waals surface area contributed by atoms with E-state index < -0.39 is 21.6 Å². The predicted octanol–water partition coefficient (Wildman–Crippen LogP) is 3.38. The highest BCUT2D eigenvalue weighted by atomic mass is 35.5. The van der Waals surface area contributed by atoms with Gasteiger partial charge in [0.05, 0.1) is 22.7 Å². The van der Waals surface area contributed by atoms with Gasteiger partial charge in [0.2, 0.25) is 0 Å². The summed E-state index contributed by atoms with van der Waals surface area (Å²) in [6.07, 6.45) is 3.37. The molecule has 1 N–H and O–H groups in total. The molecule has 0 saturated carbocycles. The van der Waals surface area contributed by atoms with Gasteiger partial charge in [0.15, 0.2) is 9.84 Å². The zero-order chi connectivity index (χ0) is 19.8. The number of aromatic nitrogens is 2.